The number of hydrogen-bond donors (Lipinski definition) is 2. The molecule has 1 heterocycles. The number of esters is 1. The molecule has 6 heteroatoms. The second kappa shape index (κ2) is 9.73. The van der Waals surface area contributed by atoms with Crippen LogP contribution in [0, 0.1) is 11.8 Å². The van der Waals surface area contributed by atoms with Crippen LogP contribution in [0.5, 0.6) is 17.2 Å². The SMILES string of the molecule is O=C(Oc1cccc(-c2ccc3c(c2)OCO3)c1)C1C(c2ccccc2)C(C(O)O)[C@H]1c1ccccc1. The van der Waals surface area contributed by atoms with Crippen LogP contribution < -0.4 is 14.2 Å². The average Bonchev–Trinajstić information content (AvgIpc) is 3.37. The van der Waals surface area contributed by atoms with Crippen LogP contribution in [-0.2, 0) is 4.79 Å². The van der Waals surface area contributed by atoms with Gasteiger partial charge in [-0.3, -0.25) is 4.79 Å². The Morgan fingerprint density at radius 2 is 1.35 bits per heavy atom. The molecular weight excluding hydrogens is 468 g/mol. The second-order valence-electron chi connectivity index (χ2n) is 9.41. The van der Waals surface area contributed by atoms with Gasteiger partial charge in [-0.1, -0.05) is 78.9 Å². The Bertz CT molecular complexity index is 1350. The lowest BCUT2D eigenvalue weighted by Crippen LogP contribution is -2.53. The maximum atomic E-state index is 13.7. The molecule has 1 saturated carbocycles. The molecule has 3 unspecified atom stereocenters. The van der Waals surface area contributed by atoms with Crippen molar-refractivity contribution < 1.29 is 29.2 Å². The summed E-state index contributed by atoms with van der Waals surface area (Å²) in [7, 11) is 0. The maximum Gasteiger partial charge on any atom is 0.315 e. The Kier molecular flexibility index (Phi) is 6.12. The van der Waals surface area contributed by atoms with Gasteiger partial charge in [-0.25, -0.2) is 0 Å². The van der Waals surface area contributed by atoms with Crippen LogP contribution in [0.3, 0.4) is 0 Å². The van der Waals surface area contributed by atoms with Crippen molar-refractivity contribution in [3.63, 3.8) is 0 Å². The van der Waals surface area contributed by atoms with Crippen molar-refractivity contribution >= 4 is 5.97 Å². The molecule has 1 aliphatic heterocycles. The van der Waals surface area contributed by atoms with E-state index < -0.39 is 35.9 Å². The number of rotatable bonds is 6. The minimum Gasteiger partial charge on any atom is -0.454 e. The van der Waals surface area contributed by atoms with Crippen molar-refractivity contribution in [1.29, 1.82) is 0 Å². The first-order valence-electron chi connectivity index (χ1n) is 12.3. The van der Waals surface area contributed by atoms with Gasteiger partial charge in [0, 0.05) is 17.8 Å². The zero-order valence-corrected chi connectivity index (χ0v) is 19.9. The van der Waals surface area contributed by atoms with E-state index in [1.807, 2.05) is 97.1 Å². The van der Waals surface area contributed by atoms with Crippen molar-refractivity contribution in [1.82, 2.24) is 0 Å². The van der Waals surface area contributed by atoms with Crippen LogP contribution in [-0.4, -0.2) is 29.3 Å². The Labute approximate surface area is 214 Å². The molecule has 37 heavy (non-hydrogen) atoms. The minimum absolute atomic E-state index is 0.201. The number of carbonyl (C=O) groups is 1. The summed E-state index contributed by atoms with van der Waals surface area (Å²) < 4.78 is 16.8. The third-order valence-electron chi connectivity index (χ3n) is 7.35. The summed E-state index contributed by atoms with van der Waals surface area (Å²) in [6, 6.07) is 32.1. The third kappa shape index (κ3) is 4.35. The van der Waals surface area contributed by atoms with Crippen molar-refractivity contribution in [2.75, 3.05) is 6.79 Å². The molecule has 186 valence electrons. The van der Waals surface area contributed by atoms with Crippen molar-refractivity contribution in [3.8, 4) is 28.4 Å². The Balaban J connectivity index is 1.31. The highest BCUT2D eigenvalue weighted by Crippen LogP contribution is 2.59. The number of ether oxygens (including phenoxy) is 3. The number of hydrogen-bond acceptors (Lipinski definition) is 6. The molecule has 2 aliphatic rings. The largest absolute Gasteiger partial charge is 0.454 e. The van der Waals surface area contributed by atoms with Crippen LogP contribution in [0.2, 0.25) is 0 Å². The van der Waals surface area contributed by atoms with Crippen molar-refractivity contribution in [2.24, 2.45) is 11.8 Å². The summed E-state index contributed by atoms with van der Waals surface area (Å²) in [5.74, 6) is -0.496. The molecule has 0 saturated heterocycles. The highest BCUT2D eigenvalue weighted by atomic mass is 16.7. The number of aliphatic hydroxyl groups is 2. The van der Waals surface area contributed by atoms with E-state index in [1.54, 1.807) is 6.07 Å². The molecule has 0 spiro atoms. The molecule has 0 radical (unpaired) electrons. The Morgan fingerprint density at radius 3 is 2.00 bits per heavy atom. The lowest BCUT2D eigenvalue weighted by molar-refractivity contribution is -0.168. The highest BCUT2D eigenvalue weighted by molar-refractivity contribution is 5.80. The van der Waals surface area contributed by atoms with Crippen molar-refractivity contribution in [3.05, 3.63) is 114 Å². The average molecular weight is 495 g/mol. The second-order valence-corrected chi connectivity index (χ2v) is 9.41. The van der Waals surface area contributed by atoms with Gasteiger partial charge in [-0.2, -0.15) is 0 Å². The van der Waals surface area contributed by atoms with E-state index in [0.29, 0.717) is 17.2 Å². The predicted molar refractivity (Wildman–Crippen MR) is 137 cm³/mol. The molecule has 4 aromatic carbocycles. The van der Waals surface area contributed by atoms with Crippen LogP contribution in [0.25, 0.3) is 11.1 Å². The van der Waals surface area contributed by atoms with Crippen LogP contribution in [0.4, 0.5) is 0 Å². The summed E-state index contributed by atoms with van der Waals surface area (Å²) in [5, 5.41) is 20.7. The maximum absolute atomic E-state index is 13.7. The highest BCUT2D eigenvalue weighted by Gasteiger charge is 2.58. The molecule has 2 N–H and O–H groups in total. The fraction of sp³-hybridized carbons (Fsp3) is 0.194. The van der Waals surface area contributed by atoms with Gasteiger partial charge in [0.2, 0.25) is 6.79 Å². The van der Waals surface area contributed by atoms with E-state index in [2.05, 4.69) is 0 Å². The fourth-order valence-electron chi connectivity index (χ4n) is 5.65. The topological polar surface area (TPSA) is 85.2 Å². The number of fused-ring (bicyclic) bond motifs is 1. The van der Waals surface area contributed by atoms with Gasteiger partial charge in [0.15, 0.2) is 17.8 Å². The van der Waals surface area contributed by atoms with Gasteiger partial charge >= 0.3 is 5.97 Å². The van der Waals surface area contributed by atoms with E-state index in [1.165, 1.54) is 0 Å². The van der Waals surface area contributed by atoms with Crippen LogP contribution >= 0.6 is 0 Å². The molecule has 1 aliphatic carbocycles. The van der Waals surface area contributed by atoms with E-state index in [4.69, 9.17) is 14.2 Å². The van der Waals surface area contributed by atoms with Gasteiger partial charge in [-0.15, -0.1) is 0 Å². The van der Waals surface area contributed by atoms with Gasteiger partial charge in [0.25, 0.3) is 0 Å². The first kappa shape index (κ1) is 23.3. The number of benzene rings is 4. The van der Waals surface area contributed by atoms with E-state index in [-0.39, 0.29) is 6.79 Å². The molecule has 4 aromatic rings. The third-order valence-corrected chi connectivity index (χ3v) is 7.35. The molecule has 0 amide bonds. The van der Waals surface area contributed by atoms with Gasteiger partial charge in [-0.05, 0) is 46.5 Å². The molecule has 6 rings (SSSR count). The summed E-state index contributed by atoms with van der Waals surface area (Å²) in [6.45, 7) is 0.201. The predicted octanol–water partition coefficient (Wildman–Crippen LogP) is 5.11. The van der Waals surface area contributed by atoms with Gasteiger partial charge < -0.3 is 24.4 Å². The summed E-state index contributed by atoms with van der Waals surface area (Å²) >= 11 is 0. The standard InChI is InChI=1S/C31H26O6/c32-30(33)28-26(19-8-3-1-4-9-19)29(27(28)20-10-5-2-6-11-20)31(34)37-23-13-7-12-21(16-23)22-14-15-24-25(17-22)36-18-35-24/h1-17,26-30,32-33H,18H2/t26-,27?,28?,29?/m1/s1. The zero-order chi connectivity index (χ0) is 25.4. The quantitative estimate of drug-likeness (QED) is 0.220. The Hall–Kier alpha value is -4.13. The molecular formula is C31H26O6. The number of carbonyl (C=O) groups excluding carboxylic acids is 1. The molecule has 0 aromatic heterocycles. The normalized spacial score (nSPS) is 21.9. The summed E-state index contributed by atoms with van der Waals surface area (Å²) in [5.41, 5.74) is 3.55. The lowest BCUT2D eigenvalue weighted by atomic mass is 9.52. The zero-order valence-electron chi connectivity index (χ0n) is 19.9. The lowest BCUT2D eigenvalue weighted by Gasteiger charge is -2.51. The van der Waals surface area contributed by atoms with Gasteiger partial charge in [0.05, 0.1) is 5.92 Å². The molecule has 1 fully saturated rings. The van der Waals surface area contributed by atoms with Crippen LogP contribution in [0.1, 0.15) is 23.0 Å². The van der Waals surface area contributed by atoms with E-state index in [9.17, 15) is 15.0 Å². The monoisotopic (exact) mass is 494 g/mol. The van der Waals surface area contributed by atoms with E-state index in [0.717, 1.165) is 22.3 Å². The summed E-state index contributed by atoms with van der Waals surface area (Å²) in [4.78, 5) is 13.7. The Morgan fingerprint density at radius 1 is 0.730 bits per heavy atom. The van der Waals surface area contributed by atoms with Gasteiger partial charge in [0.1, 0.15) is 5.75 Å². The molecule has 0 bridgehead atoms. The first-order chi connectivity index (χ1) is 18.1. The number of aliphatic hydroxyl groups excluding tert-OH is 1. The smallest absolute Gasteiger partial charge is 0.315 e. The molecule has 4 atom stereocenters. The fourth-order valence-corrected chi connectivity index (χ4v) is 5.65. The van der Waals surface area contributed by atoms with E-state index >= 15 is 0 Å². The molecule has 6 nitrogen and oxygen atoms in total. The first-order valence-corrected chi connectivity index (χ1v) is 12.3. The summed E-state index contributed by atoms with van der Waals surface area (Å²) in [6.07, 6.45) is -1.58. The van der Waals surface area contributed by atoms with Crippen molar-refractivity contribution in [2.45, 2.75) is 18.1 Å². The minimum atomic E-state index is -1.58. The van der Waals surface area contributed by atoms with Crippen LogP contribution in [0.15, 0.2) is 103 Å².